The monoisotopic (exact) mass is 320 g/mol. The number of carboxylic acids is 1. The van der Waals surface area contributed by atoms with E-state index in [2.05, 4.69) is 13.0 Å². The van der Waals surface area contributed by atoms with Crippen LogP contribution in [0.25, 0.3) is 0 Å². The maximum atomic E-state index is 10.3. The lowest BCUT2D eigenvalue weighted by atomic mass is 10.2. The topological polar surface area (TPSA) is 57.5 Å². The van der Waals surface area contributed by atoms with Crippen molar-refractivity contribution >= 4 is 5.97 Å². The van der Waals surface area contributed by atoms with E-state index < -0.39 is 12.1 Å². The molecule has 0 aliphatic heterocycles. The van der Waals surface area contributed by atoms with Crippen LogP contribution in [-0.4, -0.2) is 22.3 Å². The first kappa shape index (κ1) is 21.4. The maximum Gasteiger partial charge on any atom is 0.303 e. The molecule has 3 heteroatoms. The molecule has 0 saturated heterocycles. The van der Waals surface area contributed by atoms with Gasteiger partial charge in [0.25, 0.3) is 0 Å². The SMILES string of the molecule is CCCCC/C=C/C=C/[C@@H](O)C/C=C/C/C=C/CCCC(=O)O. The third-order valence-electron chi connectivity index (χ3n) is 3.30. The molecule has 0 aromatic carbocycles. The van der Waals surface area contributed by atoms with Crippen LogP contribution in [0.3, 0.4) is 0 Å². The normalized spacial score (nSPS) is 13.8. The standard InChI is InChI=1S/C20H32O3/c1-2-3-4-5-7-10-13-16-19(21)17-14-11-8-6-9-12-15-18-20(22)23/h6-7,9-11,13-14,16,19,21H,2-5,8,12,15,17-18H2,1H3,(H,22,23)/b9-6+,10-7+,14-11+,16-13+/t19-/m1/s1. The summed E-state index contributed by atoms with van der Waals surface area (Å²) in [6.45, 7) is 2.20. The predicted octanol–water partition coefficient (Wildman–Crippen LogP) is 5.19. The number of hydrogen-bond acceptors (Lipinski definition) is 2. The quantitative estimate of drug-likeness (QED) is 0.263. The summed E-state index contributed by atoms with van der Waals surface area (Å²) in [5, 5.41) is 18.3. The lowest BCUT2D eigenvalue weighted by Crippen LogP contribution is -1.98. The second-order valence-corrected chi connectivity index (χ2v) is 5.58. The number of carboxylic acid groups (broad SMARTS) is 1. The summed E-state index contributed by atoms with van der Waals surface area (Å²) in [5.41, 5.74) is 0. The van der Waals surface area contributed by atoms with Crippen LogP contribution >= 0.6 is 0 Å². The van der Waals surface area contributed by atoms with Gasteiger partial charge in [-0.2, -0.15) is 0 Å². The molecule has 0 amide bonds. The molecule has 0 radical (unpaired) electrons. The van der Waals surface area contributed by atoms with Gasteiger partial charge in [0, 0.05) is 6.42 Å². The summed E-state index contributed by atoms with van der Waals surface area (Å²) in [5.74, 6) is -0.740. The molecule has 0 fully saturated rings. The van der Waals surface area contributed by atoms with E-state index >= 15 is 0 Å². The summed E-state index contributed by atoms with van der Waals surface area (Å²) < 4.78 is 0. The van der Waals surface area contributed by atoms with Crippen molar-refractivity contribution in [3.05, 3.63) is 48.6 Å². The third-order valence-corrected chi connectivity index (χ3v) is 3.30. The van der Waals surface area contributed by atoms with Gasteiger partial charge >= 0.3 is 5.97 Å². The van der Waals surface area contributed by atoms with Crippen LogP contribution in [0.5, 0.6) is 0 Å². The van der Waals surface area contributed by atoms with Crippen LogP contribution < -0.4 is 0 Å². The van der Waals surface area contributed by atoms with Gasteiger partial charge in [0.05, 0.1) is 6.10 Å². The second-order valence-electron chi connectivity index (χ2n) is 5.58. The Morgan fingerprint density at radius 2 is 1.70 bits per heavy atom. The Kier molecular flexibility index (Phi) is 15.6. The number of rotatable bonds is 14. The molecule has 0 spiro atoms. The first-order valence-corrected chi connectivity index (χ1v) is 8.70. The van der Waals surface area contributed by atoms with E-state index in [1.165, 1.54) is 19.3 Å². The smallest absolute Gasteiger partial charge is 0.303 e. The van der Waals surface area contributed by atoms with Gasteiger partial charge in [-0.1, -0.05) is 68.4 Å². The molecule has 0 saturated carbocycles. The number of carbonyl (C=O) groups is 1. The Morgan fingerprint density at radius 3 is 2.43 bits per heavy atom. The zero-order chi connectivity index (χ0) is 17.2. The number of aliphatic hydroxyl groups is 1. The first-order valence-electron chi connectivity index (χ1n) is 8.70. The molecule has 23 heavy (non-hydrogen) atoms. The van der Waals surface area contributed by atoms with Crippen molar-refractivity contribution in [3.8, 4) is 0 Å². The van der Waals surface area contributed by atoms with Gasteiger partial charge < -0.3 is 10.2 Å². The number of allylic oxidation sites excluding steroid dienone is 6. The lowest BCUT2D eigenvalue weighted by molar-refractivity contribution is -0.137. The highest BCUT2D eigenvalue weighted by atomic mass is 16.4. The Balaban J connectivity index is 3.61. The Hall–Kier alpha value is -1.61. The Bertz CT molecular complexity index is 392. The van der Waals surface area contributed by atoms with Gasteiger partial charge in [-0.25, -0.2) is 0 Å². The molecule has 0 aromatic heterocycles. The van der Waals surface area contributed by atoms with E-state index in [9.17, 15) is 9.90 Å². The Labute approximate surface area is 141 Å². The van der Waals surface area contributed by atoms with E-state index in [1.54, 1.807) is 0 Å². The maximum absolute atomic E-state index is 10.3. The molecule has 0 aliphatic carbocycles. The predicted molar refractivity (Wildman–Crippen MR) is 97.4 cm³/mol. The van der Waals surface area contributed by atoms with Crippen molar-refractivity contribution in [1.29, 1.82) is 0 Å². The molecular weight excluding hydrogens is 288 g/mol. The number of unbranched alkanes of at least 4 members (excludes halogenated alkanes) is 4. The van der Waals surface area contributed by atoms with Crippen LogP contribution in [-0.2, 0) is 4.79 Å². The van der Waals surface area contributed by atoms with Gasteiger partial charge in [0.1, 0.15) is 0 Å². The highest BCUT2D eigenvalue weighted by Gasteiger charge is 1.93. The number of aliphatic hydroxyl groups excluding tert-OH is 1. The van der Waals surface area contributed by atoms with Gasteiger partial charge in [-0.3, -0.25) is 4.79 Å². The zero-order valence-electron chi connectivity index (χ0n) is 14.4. The van der Waals surface area contributed by atoms with Gasteiger partial charge in [-0.05, 0) is 38.5 Å². The van der Waals surface area contributed by atoms with E-state index in [0.29, 0.717) is 12.8 Å². The van der Waals surface area contributed by atoms with Crippen molar-refractivity contribution in [2.45, 2.75) is 70.8 Å². The van der Waals surface area contributed by atoms with E-state index in [4.69, 9.17) is 5.11 Å². The van der Waals surface area contributed by atoms with Crippen LogP contribution in [0.4, 0.5) is 0 Å². The molecule has 3 nitrogen and oxygen atoms in total. The van der Waals surface area contributed by atoms with E-state index in [1.807, 2.05) is 42.5 Å². The van der Waals surface area contributed by atoms with Crippen LogP contribution in [0.1, 0.15) is 64.7 Å². The van der Waals surface area contributed by atoms with Crippen molar-refractivity contribution in [2.75, 3.05) is 0 Å². The molecule has 130 valence electrons. The van der Waals surface area contributed by atoms with Gasteiger partial charge in [0.15, 0.2) is 0 Å². The number of aliphatic carboxylic acids is 1. The average Bonchev–Trinajstić information content (AvgIpc) is 2.52. The van der Waals surface area contributed by atoms with Crippen molar-refractivity contribution < 1.29 is 15.0 Å². The van der Waals surface area contributed by atoms with Crippen molar-refractivity contribution in [2.24, 2.45) is 0 Å². The minimum absolute atomic E-state index is 0.228. The minimum atomic E-state index is -0.740. The summed E-state index contributed by atoms with van der Waals surface area (Å²) in [6, 6.07) is 0. The molecule has 0 aromatic rings. The summed E-state index contributed by atoms with van der Waals surface area (Å²) in [4.78, 5) is 10.3. The van der Waals surface area contributed by atoms with E-state index in [-0.39, 0.29) is 6.42 Å². The highest BCUT2D eigenvalue weighted by molar-refractivity contribution is 5.66. The zero-order valence-corrected chi connectivity index (χ0v) is 14.4. The van der Waals surface area contributed by atoms with Crippen LogP contribution in [0, 0.1) is 0 Å². The van der Waals surface area contributed by atoms with Crippen molar-refractivity contribution in [1.82, 2.24) is 0 Å². The summed E-state index contributed by atoms with van der Waals surface area (Å²) in [6.07, 6.45) is 23.5. The molecule has 0 aliphatic rings. The largest absolute Gasteiger partial charge is 0.481 e. The summed E-state index contributed by atoms with van der Waals surface area (Å²) in [7, 11) is 0. The molecular formula is C20H32O3. The first-order chi connectivity index (χ1) is 11.2. The van der Waals surface area contributed by atoms with E-state index in [0.717, 1.165) is 19.3 Å². The van der Waals surface area contributed by atoms with Crippen LogP contribution in [0.2, 0.25) is 0 Å². The fraction of sp³-hybridized carbons (Fsp3) is 0.550. The highest BCUT2D eigenvalue weighted by Crippen LogP contribution is 2.02. The lowest BCUT2D eigenvalue weighted by Gasteiger charge is -1.98. The molecule has 0 heterocycles. The second kappa shape index (κ2) is 16.8. The molecule has 0 rings (SSSR count). The van der Waals surface area contributed by atoms with Gasteiger partial charge in [-0.15, -0.1) is 0 Å². The third kappa shape index (κ3) is 18.3. The summed E-state index contributed by atoms with van der Waals surface area (Å²) >= 11 is 0. The fourth-order valence-electron chi connectivity index (χ4n) is 1.95. The Morgan fingerprint density at radius 1 is 0.957 bits per heavy atom. The molecule has 0 bridgehead atoms. The minimum Gasteiger partial charge on any atom is -0.481 e. The number of hydrogen-bond donors (Lipinski definition) is 2. The molecule has 1 atom stereocenters. The average molecular weight is 320 g/mol. The molecule has 2 N–H and O–H groups in total. The van der Waals surface area contributed by atoms with Crippen molar-refractivity contribution in [3.63, 3.8) is 0 Å². The molecule has 0 unspecified atom stereocenters. The van der Waals surface area contributed by atoms with Gasteiger partial charge in [0.2, 0.25) is 0 Å². The van der Waals surface area contributed by atoms with Crippen LogP contribution in [0.15, 0.2) is 48.6 Å². The fourth-order valence-corrected chi connectivity index (χ4v) is 1.95.